The lowest BCUT2D eigenvalue weighted by Gasteiger charge is -1.98. The quantitative estimate of drug-likeness (QED) is 0.727. The molecule has 0 unspecified atom stereocenters. The van der Waals surface area contributed by atoms with Crippen LogP contribution in [0.5, 0.6) is 5.75 Å². The van der Waals surface area contributed by atoms with Gasteiger partial charge in [0.25, 0.3) is 0 Å². The summed E-state index contributed by atoms with van der Waals surface area (Å²) >= 11 is 4.94. The zero-order valence-electron chi connectivity index (χ0n) is 10.1. The van der Waals surface area contributed by atoms with E-state index in [0.29, 0.717) is 5.69 Å². The monoisotopic (exact) mass is 335 g/mol. The number of hydrogen-bond donors (Lipinski definition) is 1. The summed E-state index contributed by atoms with van der Waals surface area (Å²) in [5.41, 5.74) is 1.48. The molecule has 0 aliphatic carbocycles. The molecule has 2 aromatic heterocycles. The van der Waals surface area contributed by atoms with E-state index in [1.807, 2.05) is 35.7 Å². The van der Waals surface area contributed by atoms with Crippen LogP contribution in [0.4, 0.5) is 0 Å². The minimum atomic E-state index is -0.00274. The van der Waals surface area contributed by atoms with E-state index < -0.39 is 0 Å². The molecule has 0 aliphatic rings. The van der Waals surface area contributed by atoms with Crippen molar-refractivity contribution in [3.63, 3.8) is 0 Å². The van der Waals surface area contributed by atoms with Crippen molar-refractivity contribution in [2.45, 2.75) is 0 Å². The molecule has 0 spiro atoms. The van der Waals surface area contributed by atoms with Gasteiger partial charge in [-0.15, -0.1) is 11.3 Å². The van der Waals surface area contributed by atoms with Crippen LogP contribution in [0.15, 0.2) is 40.2 Å². The number of H-pyrrole nitrogens is 1. The van der Waals surface area contributed by atoms with Crippen molar-refractivity contribution in [2.75, 3.05) is 7.11 Å². The molecule has 3 nitrogen and oxygen atoms in total. The highest BCUT2D eigenvalue weighted by Gasteiger charge is 2.18. The molecule has 0 fully saturated rings. The maximum Gasteiger partial charge on any atom is 0.220 e. The van der Waals surface area contributed by atoms with Crippen molar-refractivity contribution >= 4 is 44.0 Å². The Hall–Kier alpha value is -1.59. The number of ketones is 1. The van der Waals surface area contributed by atoms with E-state index in [4.69, 9.17) is 4.74 Å². The van der Waals surface area contributed by atoms with Gasteiger partial charge in [-0.25, -0.2) is 0 Å². The smallest absolute Gasteiger partial charge is 0.220 e. The van der Waals surface area contributed by atoms with Crippen molar-refractivity contribution in [1.82, 2.24) is 4.98 Å². The average Bonchev–Trinajstić information content (AvgIpc) is 3.06. The predicted molar refractivity (Wildman–Crippen MR) is 80.3 cm³/mol. The summed E-state index contributed by atoms with van der Waals surface area (Å²) < 4.78 is 5.98. The summed E-state index contributed by atoms with van der Waals surface area (Å²) in [6.07, 6.45) is 0. The maximum atomic E-state index is 12.4. The number of fused-ring (bicyclic) bond motifs is 1. The number of nitrogens with one attached hydrogen (secondary N) is 1. The van der Waals surface area contributed by atoms with Crippen LogP contribution in [0.1, 0.15) is 15.4 Å². The van der Waals surface area contributed by atoms with Gasteiger partial charge in [-0.1, -0.05) is 6.07 Å². The zero-order chi connectivity index (χ0) is 13.4. The van der Waals surface area contributed by atoms with E-state index in [2.05, 4.69) is 20.9 Å². The second kappa shape index (κ2) is 4.83. The van der Waals surface area contributed by atoms with Gasteiger partial charge in [-0.05, 0) is 45.6 Å². The van der Waals surface area contributed by atoms with Gasteiger partial charge in [-0.2, -0.15) is 0 Å². The predicted octanol–water partition coefficient (Wildman–Crippen LogP) is 4.23. The van der Waals surface area contributed by atoms with E-state index in [1.54, 1.807) is 7.11 Å². The van der Waals surface area contributed by atoms with Crippen molar-refractivity contribution < 1.29 is 9.53 Å². The van der Waals surface area contributed by atoms with Crippen LogP contribution < -0.4 is 4.74 Å². The number of rotatable bonds is 3. The number of aromatic amines is 1. The van der Waals surface area contributed by atoms with Gasteiger partial charge < -0.3 is 9.72 Å². The number of methoxy groups -OCH3 is 1. The van der Waals surface area contributed by atoms with Gasteiger partial charge in [0.05, 0.1) is 16.5 Å². The van der Waals surface area contributed by atoms with Gasteiger partial charge >= 0.3 is 0 Å². The van der Waals surface area contributed by atoms with Crippen LogP contribution in [0.25, 0.3) is 10.9 Å². The number of aromatic nitrogens is 1. The van der Waals surface area contributed by atoms with E-state index in [0.717, 1.165) is 26.0 Å². The second-order valence-corrected chi connectivity index (χ2v) is 5.77. The number of halogens is 1. The molecule has 3 aromatic rings. The highest BCUT2D eigenvalue weighted by Crippen LogP contribution is 2.32. The Bertz CT molecular complexity index is 746. The van der Waals surface area contributed by atoms with Crippen molar-refractivity contribution in [2.24, 2.45) is 0 Å². The first-order chi connectivity index (χ1) is 9.20. The van der Waals surface area contributed by atoms with Crippen molar-refractivity contribution in [3.8, 4) is 5.75 Å². The molecule has 96 valence electrons. The Kier molecular flexibility index (Phi) is 3.16. The van der Waals surface area contributed by atoms with E-state index in [1.165, 1.54) is 11.3 Å². The Morgan fingerprint density at radius 3 is 2.89 bits per heavy atom. The first kappa shape index (κ1) is 12.4. The SMILES string of the molecule is COc1ccc2[nH]c(C(=O)c3cccs3)c(Br)c2c1. The Balaban J connectivity index is 2.15. The zero-order valence-corrected chi connectivity index (χ0v) is 12.5. The normalized spacial score (nSPS) is 10.8. The van der Waals surface area contributed by atoms with Crippen molar-refractivity contribution in [1.29, 1.82) is 0 Å². The van der Waals surface area contributed by atoms with Gasteiger partial charge in [0, 0.05) is 10.9 Å². The minimum Gasteiger partial charge on any atom is -0.497 e. The molecule has 3 rings (SSSR count). The molecule has 0 saturated heterocycles. The Morgan fingerprint density at radius 2 is 2.21 bits per heavy atom. The summed E-state index contributed by atoms with van der Waals surface area (Å²) in [7, 11) is 1.62. The number of hydrogen-bond acceptors (Lipinski definition) is 3. The van der Waals surface area contributed by atoms with Gasteiger partial charge in [0.15, 0.2) is 0 Å². The first-order valence-electron chi connectivity index (χ1n) is 5.64. The van der Waals surface area contributed by atoms with E-state index in [-0.39, 0.29) is 5.78 Å². The molecule has 0 saturated carbocycles. The minimum absolute atomic E-state index is 0.00274. The van der Waals surface area contributed by atoms with Gasteiger partial charge in [-0.3, -0.25) is 4.79 Å². The molecular weight excluding hydrogens is 326 g/mol. The van der Waals surface area contributed by atoms with Crippen LogP contribution in [0.3, 0.4) is 0 Å². The third kappa shape index (κ3) is 2.09. The fourth-order valence-electron chi connectivity index (χ4n) is 1.95. The maximum absolute atomic E-state index is 12.4. The molecule has 2 heterocycles. The average molecular weight is 336 g/mol. The topological polar surface area (TPSA) is 42.1 Å². The summed E-state index contributed by atoms with van der Waals surface area (Å²) in [4.78, 5) is 16.2. The number of benzene rings is 1. The molecule has 5 heteroatoms. The van der Waals surface area contributed by atoms with Crippen LogP contribution >= 0.6 is 27.3 Å². The van der Waals surface area contributed by atoms with Crippen LogP contribution in [-0.4, -0.2) is 17.9 Å². The highest BCUT2D eigenvalue weighted by molar-refractivity contribution is 9.10. The molecule has 0 atom stereocenters. The largest absolute Gasteiger partial charge is 0.497 e. The number of thiophene rings is 1. The molecule has 1 aromatic carbocycles. The molecule has 0 aliphatic heterocycles. The Morgan fingerprint density at radius 1 is 1.37 bits per heavy atom. The standard InChI is InChI=1S/C14H10BrNO2S/c1-18-8-4-5-10-9(7-8)12(15)13(16-10)14(17)11-3-2-6-19-11/h2-7,16H,1H3. The molecule has 1 N–H and O–H groups in total. The third-order valence-corrected chi connectivity index (χ3v) is 4.61. The Labute approximate surface area is 122 Å². The summed E-state index contributed by atoms with van der Waals surface area (Å²) in [6, 6.07) is 9.37. The van der Waals surface area contributed by atoms with Crippen molar-refractivity contribution in [3.05, 3.63) is 50.8 Å². The molecule has 19 heavy (non-hydrogen) atoms. The molecular formula is C14H10BrNO2S. The summed E-state index contributed by atoms with van der Waals surface area (Å²) in [6.45, 7) is 0. The molecule has 0 bridgehead atoms. The van der Waals surface area contributed by atoms with Gasteiger partial charge in [0.2, 0.25) is 5.78 Å². The van der Waals surface area contributed by atoms with E-state index in [9.17, 15) is 4.79 Å². The van der Waals surface area contributed by atoms with Crippen LogP contribution in [0.2, 0.25) is 0 Å². The second-order valence-electron chi connectivity index (χ2n) is 4.03. The fraction of sp³-hybridized carbons (Fsp3) is 0.0714. The van der Waals surface area contributed by atoms with E-state index >= 15 is 0 Å². The highest BCUT2D eigenvalue weighted by atomic mass is 79.9. The summed E-state index contributed by atoms with van der Waals surface area (Å²) in [5, 5.41) is 2.84. The first-order valence-corrected chi connectivity index (χ1v) is 7.31. The number of ether oxygens (including phenoxy) is 1. The molecule has 0 radical (unpaired) electrons. The number of carbonyl (C=O) groups is 1. The lowest BCUT2D eigenvalue weighted by Crippen LogP contribution is -1.99. The summed E-state index contributed by atoms with van der Waals surface area (Å²) in [5.74, 6) is 0.763. The number of carbonyl (C=O) groups excluding carboxylic acids is 1. The lowest BCUT2D eigenvalue weighted by molar-refractivity contribution is 0.103. The van der Waals surface area contributed by atoms with Gasteiger partial charge in [0.1, 0.15) is 11.4 Å². The fourth-order valence-corrected chi connectivity index (χ4v) is 3.23. The lowest BCUT2D eigenvalue weighted by atomic mass is 10.2. The van der Waals surface area contributed by atoms with Crippen LogP contribution in [0, 0.1) is 0 Å². The van der Waals surface area contributed by atoms with Crippen LogP contribution in [-0.2, 0) is 0 Å². The third-order valence-electron chi connectivity index (χ3n) is 2.91. The molecule has 0 amide bonds.